The molecule has 1 N–H and O–H groups in total. The molecule has 5 nitrogen and oxygen atoms in total. The lowest BCUT2D eigenvalue weighted by atomic mass is 10.3. The van der Waals surface area contributed by atoms with Crippen LogP contribution in [0.4, 0.5) is 5.82 Å². The molecule has 0 atom stereocenters. The largest absolute Gasteiger partial charge is 0.364 e. The van der Waals surface area contributed by atoms with E-state index < -0.39 is 0 Å². The first-order valence-corrected chi connectivity index (χ1v) is 9.97. The molecule has 1 saturated carbocycles. The van der Waals surface area contributed by atoms with Gasteiger partial charge in [0, 0.05) is 17.5 Å². The predicted molar refractivity (Wildman–Crippen MR) is 102 cm³/mol. The van der Waals surface area contributed by atoms with Crippen molar-refractivity contribution in [3.63, 3.8) is 0 Å². The number of nitrogens with zero attached hydrogens (tertiary/aromatic N) is 4. The summed E-state index contributed by atoms with van der Waals surface area (Å²) < 4.78 is 0. The molecule has 1 aliphatic rings. The number of thiophene rings is 1. The van der Waals surface area contributed by atoms with E-state index in [0.717, 1.165) is 27.4 Å². The minimum Gasteiger partial charge on any atom is -0.364 e. The van der Waals surface area contributed by atoms with Crippen LogP contribution in [0.25, 0.3) is 21.7 Å². The number of nitrogens with one attached hydrogen (secondary N) is 1. The maximum atomic E-state index is 4.74. The average Bonchev–Trinajstić information content (AvgIpc) is 3.20. The number of thiazole rings is 1. The lowest BCUT2D eigenvalue weighted by Gasteiger charge is -2.07. The molecule has 1 aliphatic carbocycles. The van der Waals surface area contributed by atoms with Crippen molar-refractivity contribution >= 4 is 38.7 Å². The quantitative estimate of drug-likeness (QED) is 0.555. The van der Waals surface area contributed by atoms with Gasteiger partial charge < -0.3 is 5.32 Å². The first-order valence-electron chi connectivity index (χ1n) is 8.21. The van der Waals surface area contributed by atoms with Crippen molar-refractivity contribution in [2.45, 2.75) is 25.3 Å². The highest BCUT2D eigenvalue weighted by Gasteiger charge is 2.26. The Morgan fingerprint density at radius 3 is 2.88 bits per heavy atom. The lowest BCUT2D eigenvalue weighted by molar-refractivity contribution is 0.995. The predicted octanol–water partition coefficient (Wildman–Crippen LogP) is 4.70. The van der Waals surface area contributed by atoms with Crippen molar-refractivity contribution in [1.29, 1.82) is 0 Å². The molecule has 25 heavy (non-hydrogen) atoms. The van der Waals surface area contributed by atoms with Crippen molar-refractivity contribution in [2.24, 2.45) is 0 Å². The summed E-state index contributed by atoms with van der Waals surface area (Å²) in [6.45, 7) is 0.673. The molecular weight excluding hydrogens is 350 g/mol. The zero-order valence-electron chi connectivity index (χ0n) is 13.3. The Kier molecular flexibility index (Phi) is 3.68. The van der Waals surface area contributed by atoms with E-state index >= 15 is 0 Å². The van der Waals surface area contributed by atoms with Crippen LogP contribution in [-0.2, 0) is 6.54 Å². The normalized spacial score (nSPS) is 14.1. The Labute approximate surface area is 152 Å². The molecule has 4 aromatic rings. The zero-order valence-corrected chi connectivity index (χ0v) is 15.0. The smallest absolute Gasteiger partial charge is 0.181 e. The van der Waals surface area contributed by atoms with E-state index in [4.69, 9.17) is 9.97 Å². The summed E-state index contributed by atoms with van der Waals surface area (Å²) in [6, 6.07) is 7.83. The van der Waals surface area contributed by atoms with Gasteiger partial charge >= 0.3 is 0 Å². The van der Waals surface area contributed by atoms with Gasteiger partial charge in [-0.15, -0.1) is 22.7 Å². The fourth-order valence-electron chi connectivity index (χ4n) is 2.70. The summed E-state index contributed by atoms with van der Waals surface area (Å²) in [6.07, 6.45) is 4.34. The van der Waals surface area contributed by atoms with Gasteiger partial charge in [0.25, 0.3) is 0 Å². The van der Waals surface area contributed by atoms with Crippen molar-refractivity contribution in [1.82, 2.24) is 19.9 Å². The molecule has 0 unspecified atom stereocenters. The summed E-state index contributed by atoms with van der Waals surface area (Å²) in [7, 11) is 0. The van der Waals surface area contributed by atoms with Crippen LogP contribution in [0.3, 0.4) is 0 Å². The Bertz CT molecular complexity index is 1020. The van der Waals surface area contributed by atoms with Crippen LogP contribution in [-0.4, -0.2) is 19.9 Å². The van der Waals surface area contributed by atoms with Crippen LogP contribution in [0.2, 0.25) is 0 Å². The van der Waals surface area contributed by atoms with Gasteiger partial charge in [0.1, 0.15) is 16.3 Å². The van der Waals surface area contributed by atoms with E-state index in [1.165, 1.54) is 17.8 Å². The minimum atomic E-state index is 0.648. The Morgan fingerprint density at radius 2 is 2.04 bits per heavy atom. The van der Waals surface area contributed by atoms with Crippen LogP contribution >= 0.6 is 22.7 Å². The molecule has 4 aromatic heterocycles. The molecule has 0 aromatic carbocycles. The van der Waals surface area contributed by atoms with Gasteiger partial charge in [-0.1, -0.05) is 6.07 Å². The average molecular weight is 365 g/mol. The minimum absolute atomic E-state index is 0.648. The number of rotatable bonds is 5. The zero-order chi connectivity index (χ0) is 16.6. The molecule has 0 bridgehead atoms. The molecule has 0 spiro atoms. The Morgan fingerprint density at radius 1 is 1.08 bits per heavy atom. The van der Waals surface area contributed by atoms with Gasteiger partial charge in [-0.25, -0.2) is 15.0 Å². The van der Waals surface area contributed by atoms with Gasteiger partial charge in [0.15, 0.2) is 5.82 Å². The summed E-state index contributed by atoms with van der Waals surface area (Å²) in [5, 5.41) is 9.95. The summed E-state index contributed by atoms with van der Waals surface area (Å²) in [5.74, 6) is 2.19. The molecule has 4 heterocycles. The van der Waals surface area contributed by atoms with Gasteiger partial charge in [0.05, 0.1) is 22.6 Å². The van der Waals surface area contributed by atoms with Crippen molar-refractivity contribution in [3.05, 3.63) is 51.9 Å². The van der Waals surface area contributed by atoms with Crippen LogP contribution in [0.5, 0.6) is 0 Å². The molecule has 5 rings (SSSR count). The topological polar surface area (TPSA) is 63.6 Å². The van der Waals surface area contributed by atoms with Crippen molar-refractivity contribution in [2.75, 3.05) is 5.32 Å². The molecule has 1 fully saturated rings. The molecule has 0 amide bonds. The Balaban J connectivity index is 1.45. The van der Waals surface area contributed by atoms with Crippen LogP contribution < -0.4 is 5.32 Å². The van der Waals surface area contributed by atoms with Crippen molar-refractivity contribution in [3.8, 4) is 11.5 Å². The van der Waals surface area contributed by atoms with Crippen LogP contribution in [0.15, 0.2) is 41.2 Å². The number of hydrogen-bond acceptors (Lipinski definition) is 7. The second kappa shape index (κ2) is 6.16. The third-order valence-corrected chi connectivity index (χ3v) is 6.01. The van der Waals surface area contributed by atoms with Gasteiger partial charge in [-0.05, 0) is 36.4 Å². The number of fused-ring (bicyclic) bond motifs is 1. The number of hydrogen-bond donors (Lipinski definition) is 1. The first-order chi connectivity index (χ1) is 12.4. The standard InChI is InChI=1S/C18H15N5S2/c1-2-7-19-14(3-1)16-22-15(13-6-8-24-18(13)23-16)20-9-12-10-25-17(21-12)11-4-5-11/h1-3,6-8,10-11H,4-5,9H2,(H,20,22,23). The highest BCUT2D eigenvalue weighted by Crippen LogP contribution is 2.41. The monoisotopic (exact) mass is 365 g/mol. The fourth-order valence-corrected chi connectivity index (χ4v) is 4.45. The maximum absolute atomic E-state index is 4.74. The first kappa shape index (κ1) is 14.9. The van der Waals surface area contributed by atoms with E-state index in [1.54, 1.807) is 28.9 Å². The molecule has 0 aliphatic heterocycles. The maximum Gasteiger partial charge on any atom is 0.181 e. The second-order valence-electron chi connectivity index (χ2n) is 6.06. The van der Waals surface area contributed by atoms with E-state index in [1.807, 2.05) is 23.6 Å². The number of anilines is 1. The van der Waals surface area contributed by atoms with Crippen LogP contribution in [0, 0.1) is 0 Å². The molecule has 0 radical (unpaired) electrons. The van der Waals surface area contributed by atoms with E-state index in [0.29, 0.717) is 18.3 Å². The third-order valence-electron chi connectivity index (χ3n) is 4.15. The van der Waals surface area contributed by atoms with Gasteiger partial charge in [-0.2, -0.15) is 0 Å². The highest BCUT2D eigenvalue weighted by atomic mass is 32.1. The van der Waals surface area contributed by atoms with Gasteiger partial charge in [0.2, 0.25) is 0 Å². The molecule has 124 valence electrons. The van der Waals surface area contributed by atoms with Crippen molar-refractivity contribution < 1.29 is 0 Å². The van der Waals surface area contributed by atoms with Crippen LogP contribution in [0.1, 0.15) is 29.5 Å². The van der Waals surface area contributed by atoms with E-state index in [2.05, 4.69) is 26.7 Å². The molecule has 0 saturated heterocycles. The SMILES string of the molecule is c1ccc(-c2nc(NCc3csc(C4CC4)n3)c3ccsc3n2)nc1. The summed E-state index contributed by atoms with van der Waals surface area (Å²) in [5.41, 5.74) is 1.86. The fraction of sp³-hybridized carbons (Fsp3) is 0.222. The Hall–Kier alpha value is -2.38. The summed E-state index contributed by atoms with van der Waals surface area (Å²) in [4.78, 5) is 19.4. The number of aromatic nitrogens is 4. The molecule has 7 heteroatoms. The van der Waals surface area contributed by atoms with Gasteiger partial charge in [-0.3, -0.25) is 4.98 Å². The summed E-state index contributed by atoms with van der Waals surface area (Å²) >= 11 is 3.38. The lowest BCUT2D eigenvalue weighted by Crippen LogP contribution is -2.04. The van der Waals surface area contributed by atoms with E-state index in [9.17, 15) is 0 Å². The highest BCUT2D eigenvalue weighted by molar-refractivity contribution is 7.16. The van der Waals surface area contributed by atoms with E-state index in [-0.39, 0.29) is 0 Å². The number of pyridine rings is 1. The molecular formula is C18H15N5S2. The second-order valence-corrected chi connectivity index (χ2v) is 7.84. The third kappa shape index (κ3) is 3.01.